The average molecular weight is 498 g/mol. The lowest BCUT2D eigenvalue weighted by molar-refractivity contribution is -0.139. The van der Waals surface area contributed by atoms with Gasteiger partial charge in [-0.05, 0) is 51.1 Å². The van der Waals surface area contributed by atoms with Gasteiger partial charge in [0.05, 0.1) is 19.8 Å². The average Bonchev–Trinajstić information content (AvgIpc) is 3.09. The van der Waals surface area contributed by atoms with Gasteiger partial charge in [0.25, 0.3) is 5.91 Å². The lowest BCUT2D eigenvalue weighted by Crippen LogP contribution is -2.51. The number of methoxy groups -OCH3 is 2. The van der Waals surface area contributed by atoms with Gasteiger partial charge < -0.3 is 28.9 Å². The Balaban J connectivity index is 1.82. The maximum atomic E-state index is 13.3. The van der Waals surface area contributed by atoms with Crippen molar-refractivity contribution in [1.82, 2.24) is 9.80 Å². The Bertz CT molecular complexity index is 1120. The Morgan fingerprint density at radius 3 is 2.11 bits per heavy atom. The molecule has 0 N–H and O–H groups in total. The second-order valence-electron chi connectivity index (χ2n) is 9.13. The summed E-state index contributed by atoms with van der Waals surface area (Å²) >= 11 is 0. The van der Waals surface area contributed by atoms with Crippen LogP contribution in [0.3, 0.4) is 0 Å². The zero-order valence-corrected chi connectivity index (χ0v) is 21.1. The molecule has 2 heterocycles. The highest BCUT2D eigenvalue weighted by molar-refractivity contribution is 6.05. The van der Waals surface area contributed by atoms with Gasteiger partial charge in [0, 0.05) is 43.6 Å². The third-order valence-electron chi connectivity index (χ3n) is 5.48. The molecule has 0 saturated carbocycles. The van der Waals surface area contributed by atoms with Crippen LogP contribution in [0.5, 0.6) is 0 Å². The number of nitrogens with zero attached hydrogens (tertiary/aromatic N) is 3. The highest BCUT2D eigenvalue weighted by atomic mass is 16.6. The molecule has 192 valence electrons. The topological polar surface area (TPSA) is 106 Å². The van der Waals surface area contributed by atoms with E-state index in [0.717, 1.165) is 0 Å². The molecule has 2 amide bonds. The van der Waals surface area contributed by atoms with Crippen molar-refractivity contribution >= 4 is 29.6 Å². The summed E-state index contributed by atoms with van der Waals surface area (Å²) in [6, 6.07) is 6.72. The van der Waals surface area contributed by atoms with Gasteiger partial charge in [-0.25, -0.2) is 14.4 Å². The maximum Gasteiger partial charge on any atom is 0.410 e. The monoisotopic (exact) mass is 497 g/mol. The number of carbonyl (C=O) groups excluding carboxylic acids is 4. The molecule has 0 bridgehead atoms. The Morgan fingerprint density at radius 1 is 0.861 bits per heavy atom. The standard InChI is InChI=1S/C26H31N3O7/c1-26(2,3)36-25(33)28-15-13-27(14-16-28)22(30)18-9-8-10-19(17-18)29-12-7-6-11-20(23(31)34-4)21(29)24(32)35-5/h6-12,17H,13-16H2,1-5H3. The number of anilines is 1. The van der Waals surface area contributed by atoms with E-state index in [1.165, 1.54) is 25.2 Å². The number of hydrogen-bond acceptors (Lipinski definition) is 8. The second-order valence-corrected chi connectivity index (χ2v) is 9.13. The number of hydrogen-bond donors (Lipinski definition) is 0. The largest absolute Gasteiger partial charge is 0.465 e. The first kappa shape index (κ1) is 26.5. The number of ether oxygens (including phenoxy) is 3. The minimum absolute atomic E-state index is 0.0179. The van der Waals surface area contributed by atoms with Gasteiger partial charge >= 0.3 is 18.0 Å². The molecule has 0 aromatic heterocycles. The lowest BCUT2D eigenvalue weighted by Gasteiger charge is -2.35. The normalized spacial score (nSPS) is 16.0. The van der Waals surface area contributed by atoms with Gasteiger partial charge in [-0.3, -0.25) is 4.79 Å². The predicted octanol–water partition coefficient (Wildman–Crippen LogP) is 2.87. The SMILES string of the molecule is COC(=O)C1=C(C(=O)OC)N(c2cccc(C(=O)N3CCN(C(=O)OC(C)(C)C)CC3)c2)C=CC=C1. The van der Waals surface area contributed by atoms with Crippen LogP contribution in [0.2, 0.25) is 0 Å². The van der Waals surface area contributed by atoms with Crippen LogP contribution in [-0.4, -0.2) is 79.7 Å². The first-order valence-corrected chi connectivity index (χ1v) is 11.5. The third kappa shape index (κ3) is 6.12. The highest BCUT2D eigenvalue weighted by Crippen LogP contribution is 2.27. The summed E-state index contributed by atoms with van der Waals surface area (Å²) in [6.07, 6.45) is 5.93. The molecular weight excluding hydrogens is 466 g/mol. The van der Waals surface area contributed by atoms with Gasteiger partial charge in [-0.1, -0.05) is 12.1 Å². The van der Waals surface area contributed by atoms with E-state index in [0.29, 0.717) is 37.4 Å². The summed E-state index contributed by atoms with van der Waals surface area (Å²) in [5.41, 5.74) is 0.268. The molecule has 10 nitrogen and oxygen atoms in total. The van der Waals surface area contributed by atoms with E-state index >= 15 is 0 Å². The van der Waals surface area contributed by atoms with Gasteiger partial charge in [0.15, 0.2) is 0 Å². The van der Waals surface area contributed by atoms with Crippen molar-refractivity contribution in [2.45, 2.75) is 26.4 Å². The van der Waals surface area contributed by atoms with Crippen LogP contribution in [0, 0.1) is 0 Å². The van der Waals surface area contributed by atoms with Crippen LogP contribution in [-0.2, 0) is 23.8 Å². The van der Waals surface area contributed by atoms with E-state index in [2.05, 4.69) is 0 Å². The summed E-state index contributed by atoms with van der Waals surface area (Å²) in [6.45, 7) is 6.86. The maximum absolute atomic E-state index is 13.3. The fourth-order valence-corrected chi connectivity index (χ4v) is 3.76. The Hall–Kier alpha value is -4.08. The number of amides is 2. The lowest BCUT2D eigenvalue weighted by atomic mass is 10.1. The highest BCUT2D eigenvalue weighted by Gasteiger charge is 2.30. The zero-order chi connectivity index (χ0) is 26.5. The molecule has 10 heteroatoms. The fraction of sp³-hybridized carbons (Fsp3) is 0.385. The van der Waals surface area contributed by atoms with Crippen LogP contribution >= 0.6 is 0 Å². The molecule has 1 aromatic rings. The molecule has 1 saturated heterocycles. The van der Waals surface area contributed by atoms with E-state index in [1.807, 2.05) is 20.8 Å². The van der Waals surface area contributed by atoms with Crippen LogP contribution in [0.1, 0.15) is 31.1 Å². The van der Waals surface area contributed by atoms with Crippen molar-refractivity contribution < 1.29 is 33.4 Å². The first-order valence-electron chi connectivity index (χ1n) is 11.5. The van der Waals surface area contributed by atoms with Crippen LogP contribution < -0.4 is 4.90 Å². The summed E-state index contributed by atoms with van der Waals surface area (Å²) in [7, 11) is 2.44. The summed E-state index contributed by atoms with van der Waals surface area (Å²) in [4.78, 5) is 55.3. The molecule has 0 radical (unpaired) electrons. The summed E-state index contributed by atoms with van der Waals surface area (Å²) in [5, 5.41) is 0. The number of piperazine rings is 1. The molecule has 0 unspecified atom stereocenters. The fourth-order valence-electron chi connectivity index (χ4n) is 3.76. The summed E-state index contributed by atoms with van der Waals surface area (Å²) in [5.74, 6) is -1.65. The first-order chi connectivity index (χ1) is 17.1. The minimum Gasteiger partial charge on any atom is -0.465 e. The zero-order valence-electron chi connectivity index (χ0n) is 21.1. The van der Waals surface area contributed by atoms with Crippen LogP contribution in [0.15, 0.2) is 60.0 Å². The molecule has 1 aromatic carbocycles. The molecule has 0 spiro atoms. The molecule has 0 aliphatic carbocycles. The molecule has 1 fully saturated rings. The van der Waals surface area contributed by atoms with E-state index in [1.54, 1.807) is 52.4 Å². The van der Waals surface area contributed by atoms with Crippen molar-refractivity contribution in [2.75, 3.05) is 45.3 Å². The van der Waals surface area contributed by atoms with Crippen LogP contribution in [0.25, 0.3) is 0 Å². The molecule has 0 atom stereocenters. The quantitative estimate of drug-likeness (QED) is 0.462. The van der Waals surface area contributed by atoms with Crippen molar-refractivity contribution in [3.63, 3.8) is 0 Å². The number of esters is 2. The Morgan fingerprint density at radius 2 is 1.50 bits per heavy atom. The number of rotatable bonds is 4. The van der Waals surface area contributed by atoms with Gasteiger partial charge in [0.2, 0.25) is 0 Å². The third-order valence-corrected chi connectivity index (χ3v) is 5.48. The van der Waals surface area contributed by atoms with Crippen LogP contribution in [0.4, 0.5) is 10.5 Å². The van der Waals surface area contributed by atoms with Crippen molar-refractivity contribution in [3.8, 4) is 0 Å². The van der Waals surface area contributed by atoms with Gasteiger partial charge in [-0.15, -0.1) is 0 Å². The smallest absolute Gasteiger partial charge is 0.410 e. The minimum atomic E-state index is -0.735. The summed E-state index contributed by atoms with van der Waals surface area (Å²) < 4.78 is 15.2. The van der Waals surface area contributed by atoms with E-state index in [-0.39, 0.29) is 17.2 Å². The van der Waals surface area contributed by atoms with E-state index in [9.17, 15) is 19.2 Å². The number of benzene rings is 1. The van der Waals surface area contributed by atoms with Gasteiger partial charge in [0.1, 0.15) is 11.3 Å². The molecule has 3 rings (SSSR count). The van der Waals surface area contributed by atoms with E-state index in [4.69, 9.17) is 14.2 Å². The molecular formula is C26H31N3O7. The predicted molar refractivity (Wildman–Crippen MR) is 132 cm³/mol. The molecule has 2 aliphatic heterocycles. The van der Waals surface area contributed by atoms with Gasteiger partial charge in [-0.2, -0.15) is 0 Å². The number of allylic oxidation sites excluding steroid dienone is 2. The van der Waals surface area contributed by atoms with Crippen molar-refractivity contribution in [3.05, 3.63) is 65.5 Å². The molecule has 2 aliphatic rings. The van der Waals surface area contributed by atoms with E-state index < -0.39 is 23.6 Å². The Labute approximate surface area is 210 Å². The number of carbonyl (C=O) groups is 4. The molecule has 36 heavy (non-hydrogen) atoms. The van der Waals surface area contributed by atoms with Crippen molar-refractivity contribution in [1.29, 1.82) is 0 Å². The second kappa shape index (κ2) is 11.1. The van der Waals surface area contributed by atoms with Crippen molar-refractivity contribution in [2.24, 2.45) is 0 Å². The Kier molecular flexibility index (Phi) is 8.18.